The third kappa shape index (κ3) is 2.09. The molecule has 1 heterocycles. The van der Waals surface area contributed by atoms with Gasteiger partial charge >= 0.3 is 0 Å². The number of rotatable bonds is 1. The minimum absolute atomic E-state index is 0.0885. The van der Waals surface area contributed by atoms with Crippen LogP contribution in [-0.4, -0.2) is 22.7 Å². The standard InChI is InChI=1S/C14H15ClN2O2/c1-8-11(5-4-10(7-16)13(8)15)17-9(2)14(3,19)6-12(17)18/h4-5,9,19H,6H2,1-3H3/t9-,14-/m0/s1. The Morgan fingerprint density at radius 2 is 2.21 bits per heavy atom. The number of carbonyl (C=O) groups is 1. The smallest absolute Gasteiger partial charge is 0.230 e. The van der Waals surface area contributed by atoms with Crippen LogP contribution in [-0.2, 0) is 4.79 Å². The third-order valence-corrected chi connectivity index (χ3v) is 4.29. The summed E-state index contributed by atoms with van der Waals surface area (Å²) >= 11 is 6.12. The molecule has 0 spiro atoms. The van der Waals surface area contributed by atoms with Crippen molar-refractivity contribution in [3.63, 3.8) is 0 Å². The summed E-state index contributed by atoms with van der Waals surface area (Å²) in [6.07, 6.45) is 0.0885. The molecule has 1 aromatic rings. The van der Waals surface area contributed by atoms with Gasteiger partial charge in [-0.05, 0) is 38.5 Å². The van der Waals surface area contributed by atoms with Crippen molar-refractivity contribution in [2.45, 2.75) is 38.8 Å². The number of halogens is 1. The highest BCUT2D eigenvalue weighted by atomic mass is 35.5. The second-order valence-corrected chi connectivity index (χ2v) is 5.53. The molecule has 0 unspecified atom stereocenters. The van der Waals surface area contributed by atoms with Crippen LogP contribution in [0.1, 0.15) is 31.4 Å². The molecule has 4 nitrogen and oxygen atoms in total. The summed E-state index contributed by atoms with van der Waals surface area (Å²) in [4.78, 5) is 13.6. The first-order valence-corrected chi connectivity index (χ1v) is 6.41. The van der Waals surface area contributed by atoms with Crippen molar-refractivity contribution in [1.82, 2.24) is 0 Å². The lowest BCUT2D eigenvalue weighted by atomic mass is 9.98. The van der Waals surface area contributed by atoms with Crippen molar-refractivity contribution in [1.29, 1.82) is 5.26 Å². The van der Waals surface area contributed by atoms with Crippen molar-refractivity contribution >= 4 is 23.2 Å². The van der Waals surface area contributed by atoms with E-state index in [1.807, 2.05) is 6.07 Å². The summed E-state index contributed by atoms with van der Waals surface area (Å²) in [5.41, 5.74) is 0.663. The molecule has 1 saturated heterocycles. The molecule has 100 valence electrons. The number of nitriles is 1. The van der Waals surface area contributed by atoms with Crippen LogP contribution in [0.3, 0.4) is 0 Å². The summed E-state index contributed by atoms with van der Waals surface area (Å²) in [6, 6.07) is 4.98. The van der Waals surface area contributed by atoms with Crippen LogP contribution in [0.5, 0.6) is 0 Å². The molecule has 1 amide bonds. The predicted molar refractivity (Wildman–Crippen MR) is 73.1 cm³/mol. The molecule has 1 N–H and O–H groups in total. The quantitative estimate of drug-likeness (QED) is 0.858. The van der Waals surface area contributed by atoms with Crippen LogP contribution < -0.4 is 4.90 Å². The minimum atomic E-state index is -1.05. The Morgan fingerprint density at radius 3 is 2.68 bits per heavy atom. The molecule has 19 heavy (non-hydrogen) atoms. The highest BCUT2D eigenvalue weighted by Crippen LogP contribution is 2.37. The number of hydrogen-bond donors (Lipinski definition) is 1. The van der Waals surface area contributed by atoms with Crippen LogP contribution in [0.25, 0.3) is 0 Å². The number of anilines is 1. The van der Waals surface area contributed by atoms with Gasteiger partial charge in [0.15, 0.2) is 0 Å². The van der Waals surface area contributed by atoms with Crippen molar-refractivity contribution in [3.05, 3.63) is 28.3 Å². The van der Waals surface area contributed by atoms with Crippen molar-refractivity contribution in [2.75, 3.05) is 4.90 Å². The van der Waals surface area contributed by atoms with Gasteiger partial charge in [0.2, 0.25) is 5.91 Å². The second-order valence-electron chi connectivity index (χ2n) is 5.16. The fourth-order valence-corrected chi connectivity index (χ4v) is 2.60. The van der Waals surface area contributed by atoms with E-state index >= 15 is 0 Å². The Balaban J connectivity index is 2.53. The summed E-state index contributed by atoms with van der Waals surface area (Å²) in [7, 11) is 0. The van der Waals surface area contributed by atoms with Gasteiger partial charge in [-0.25, -0.2) is 0 Å². The number of hydrogen-bond acceptors (Lipinski definition) is 3. The van der Waals surface area contributed by atoms with Gasteiger partial charge in [0.25, 0.3) is 0 Å². The molecule has 0 saturated carbocycles. The van der Waals surface area contributed by atoms with E-state index in [1.54, 1.807) is 37.8 Å². The average molecular weight is 279 g/mol. The second kappa shape index (κ2) is 4.52. The zero-order valence-electron chi connectivity index (χ0n) is 11.1. The number of aliphatic hydroxyl groups is 1. The first kappa shape index (κ1) is 13.9. The zero-order chi connectivity index (χ0) is 14.4. The Bertz CT molecular complexity index is 590. The Labute approximate surface area is 117 Å². The minimum Gasteiger partial charge on any atom is -0.387 e. The number of benzene rings is 1. The molecule has 1 aliphatic rings. The molecular weight excluding hydrogens is 264 g/mol. The first-order chi connectivity index (χ1) is 8.79. The van der Waals surface area contributed by atoms with Crippen LogP contribution >= 0.6 is 11.6 Å². The lowest BCUT2D eigenvalue weighted by Gasteiger charge is -2.29. The summed E-state index contributed by atoms with van der Waals surface area (Å²) in [6.45, 7) is 5.22. The van der Waals surface area contributed by atoms with Crippen LogP contribution in [0.4, 0.5) is 5.69 Å². The molecule has 0 radical (unpaired) electrons. The molecule has 5 heteroatoms. The molecule has 0 aliphatic carbocycles. The average Bonchev–Trinajstić information content (AvgIpc) is 2.53. The molecule has 2 rings (SSSR count). The fourth-order valence-electron chi connectivity index (χ4n) is 2.40. The topological polar surface area (TPSA) is 64.3 Å². The van der Waals surface area contributed by atoms with Crippen LogP contribution in [0, 0.1) is 18.3 Å². The third-order valence-electron chi connectivity index (χ3n) is 3.80. The Kier molecular flexibility index (Phi) is 3.29. The van der Waals surface area contributed by atoms with E-state index in [4.69, 9.17) is 16.9 Å². The van der Waals surface area contributed by atoms with Gasteiger partial charge in [0, 0.05) is 5.69 Å². The highest BCUT2D eigenvalue weighted by molar-refractivity contribution is 6.33. The first-order valence-electron chi connectivity index (χ1n) is 6.03. The summed E-state index contributed by atoms with van der Waals surface area (Å²) in [5, 5.41) is 19.5. The van der Waals surface area contributed by atoms with E-state index in [0.717, 1.165) is 0 Å². The van der Waals surface area contributed by atoms with Crippen molar-refractivity contribution in [3.8, 4) is 6.07 Å². The predicted octanol–water partition coefficient (Wildman–Crippen LogP) is 2.40. The zero-order valence-corrected chi connectivity index (χ0v) is 11.8. The van der Waals surface area contributed by atoms with Gasteiger partial charge in [-0.1, -0.05) is 11.6 Å². The number of carbonyl (C=O) groups excluding carboxylic acids is 1. The van der Waals surface area contributed by atoms with E-state index in [2.05, 4.69) is 0 Å². The van der Waals surface area contributed by atoms with Gasteiger partial charge in [-0.2, -0.15) is 5.26 Å². The monoisotopic (exact) mass is 278 g/mol. The van der Waals surface area contributed by atoms with Gasteiger partial charge in [-0.15, -0.1) is 0 Å². The molecular formula is C14H15ClN2O2. The van der Waals surface area contributed by atoms with E-state index in [9.17, 15) is 9.90 Å². The largest absolute Gasteiger partial charge is 0.387 e. The van der Waals surface area contributed by atoms with Gasteiger partial charge in [0.1, 0.15) is 6.07 Å². The lowest BCUT2D eigenvalue weighted by molar-refractivity contribution is -0.118. The highest BCUT2D eigenvalue weighted by Gasteiger charge is 2.45. The summed E-state index contributed by atoms with van der Waals surface area (Å²) < 4.78 is 0. The molecule has 1 aromatic carbocycles. The number of nitrogens with zero attached hydrogens (tertiary/aromatic N) is 2. The van der Waals surface area contributed by atoms with Crippen LogP contribution in [0.2, 0.25) is 5.02 Å². The number of amides is 1. The SMILES string of the molecule is Cc1c(N2C(=O)C[C@](C)(O)[C@@H]2C)ccc(C#N)c1Cl. The maximum absolute atomic E-state index is 12.1. The lowest BCUT2D eigenvalue weighted by Crippen LogP contribution is -2.41. The normalized spacial score (nSPS) is 26.6. The maximum atomic E-state index is 12.1. The van der Waals surface area contributed by atoms with E-state index in [0.29, 0.717) is 21.8 Å². The molecule has 1 fully saturated rings. The van der Waals surface area contributed by atoms with Gasteiger partial charge < -0.3 is 10.0 Å². The van der Waals surface area contributed by atoms with E-state index < -0.39 is 5.60 Å². The Morgan fingerprint density at radius 1 is 1.58 bits per heavy atom. The van der Waals surface area contributed by atoms with E-state index in [1.165, 1.54) is 0 Å². The molecule has 0 bridgehead atoms. The van der Waals surface area contributed by atoms with Crippen LogP contribution in [0.15, 0.2) is 12.1 Å². The Hall–Kier alpha value is -1.57. The van der Waals surface area contributed by atoms with Crippen molar-refractivity contribution in [2.24, 2.45) is 0 Å². The van der Waals surface area contributed by atoms with Crippen molar-refractivity contribution < 1.29 is 9.90 Å². The fraction of sp³-hybridized carbons (Fsp3) is 0.429. The summed E-state index contributed by atoms with van der Waals surface area (Å²) in [5.74, 6) is -0.138. The van der Waals surface area contributed by atoms with Gasteiger partial charge in [0.05, 0.1) is 28.6 Å². The maximum Gasteiger partial charge on any atom is 0.230 e. The molecule has 0 aromatic heterocycles. The van der Waals surface area contributed by atoms with Gasteiger partial charge in [-0.3, -0.25) is 4.79 Å². The molecule has 2 atom stereocenters. The van der Waals surface area contributed by atoms with E-state index in [-0.39, 0.29) is 18.4 Å². The molecule has 1 aliphatic heterocycles.